The zero-order valence-electron chi connectivity index (χ0n) is 19.2. The third-order valence-electron chi connectivity index (χ3n) is 6.08. The highest BCUT2D eigenvalue weighted by molar-refractivity contribution is 5.46. The van der Waals surface area contributed by atoms with E-state index in [4.69, 9.17) is 9.47 Å². The predicted octanol–water partition coefficient (Wildman–Crippen LogP) is 7.14. The van der Waals surface area contributed by atoms with Crippen LogP contribution >= 0.6 is 0 Å². The zero-order valence-corrected chi connectivity index (χ0v) is 19.2. The van der Waals surface area contributed by atoms with Crippen molar-refractivity contribution in [1.29, 1.82) is 0 Å². The average Bonchev–Trinajstić information content (AvgIpc) is 2.75. The van der Waals surface area contributed by atoms with Gasteiger partial charge in [0.05, 0.1) is 13.2 Å². The van der Waals surface area contributed by atoms with Crippen LogP contribution in [0, 0.1) is 0 Å². The summed E-state index contributed by atoms with van der Waals surface area (Å²) in [7, 11) is 0. The maximum absolute atomic E-state index is 5.61. The molecule has 3 rings (SSSR count). The van der Waals surface area contributed by atoms with Gasteiger partial charge in [0.15, 0.2) is 0 Å². The van der Waals surface area contributed by atoms with Crippen LogP contribution in [0.25, 0.3) is 0 Å². The van der Waals surface area contributed by atoms with E-state index >= 15 is 0 Å². The number of hydrogen-bond acceptors (Lipinski definition) is 2. The fourth-order valence-electron chi connectivity index (χ4n) is 3.90. The maximum Gasteiger partial charge on any atom is 0.119 e. The Labute approximate surface area is 181 Å². The molecule has 3 aromatic rings. The third-order valence-corrected chi connectivity index (χ3v) is 6.08. The Balaban J connectivity index is 1.92. The Morgan fingerprint density at radius 1 is 0.533 bits per heavy atom. The lowest BCUT2D eigenvalue weighted by Gasteiger charge is -2.31. The van der Waals surface area contributed by atoms with Crippen LogP contribution < -0.4 is 9.47 Å². The van der Waals surface area contributed by atoms with Crippen molar-refractivity contribution in [1.82, 2.24) is 0 Å². The molecular weight excluding hydrogens is 368 g/mol. The number of rotatable bonds is 8. The number of benzene rings is 3. The second-order valence-corrected chi connectivity index (χ2v) is 8.75. The van der Waals surface area contributed by atoms with Gasteiger partial charge < -0.3 is 9.47 Å². The SMILES string of the molecule is CCOc1ccc(C(C)(C)c2cccc(C(C)(C)c3ccc(OCC)cc3)c2)cc1. The van der Waals surface area contributed by atoms with Gasteiger partial charge in [-0.15, -0.1) is 0 Å². The molecule has 2 heteroatoms. The van der Waals surface area contributed by atoms with Crippen LogP contribution in [-0.2, 0) is 10.8 Å². The molecule has 0 N–H and O–H groups in total. The van der Waals surface area contributed by atoms with Crippen LogP contribution in [0.2, 0.25) is 0 Å². The molecule has 0 aromatic heterocycles. The van der Waals surface area contributed by atoms with Crippen LogP contribution in [0.4, 0.5) is 0 Å². The maximum atomic E-state index is 5.61. The molecule has 0 fully saturated rings. The molecule has 3 aromatic carbocycles. The molecule has 0 amide bonds. The summed E-state index contributed by atoms with van der Waals surface area (Å²) in [6, 6.07) is 26.0. The first-order valence-electron chi connectivity index (χ1n) is 10.9. The molecule has 158 valence electrons. The molecule has 0 atom stereocenters. The standard InChI is InChI=1S/C28H34O2/c1-7-29-25-16-12-21(13-17-25)27(3,4)23-10-9-11-24(20-23)28(5,6)22-14-18-26(19-15-22)30-8-2/h9-20H,7-8H2,1-6H3. The molecular formula is C28H34O2. The Morgan fingerprint density at radius 3 is 1.23 bits per heavy atom. The summed E-state index contributed by atoms with van der Waals surface area (Å²) in [6.45, 7) is 14.5. The minimum absolute atomic E-state index is 0.102. The van der Waals surface area contributed by atoms with Gasteiger partial charge >= 0.3 is 0 Å². The van der Waals surface area contributed by atoms with Gasteiger partial charge in [-0.2, -0.15) is 0 Å². The zero-order chi connectivity index (χ0) is 21.8. The minimum atomic E-state index is -0.102. The van der Waals surface area contributed by atoms with Crippen LogP contribution in [0.1, 0.15) is 63.8 Å². The van der Waals surface area contributed by atoms with E-state index in [0.717, 1.165) is 11.5 Å². The topological polar surface area (TPSA) is 18.5 Å². The van der Waals surface area contributed by atoms with E-state index in [1.165, 1.54) is 22.3 Å². The summed E-state index contributed by atoms with van der Waals surface area (Å²) in [6.07, 6.45) is 0. The average molecular weight is 403 g/mol. The lowest BCUT2D eigenvalue weighted by atomic mass is 9.73. The first-order chi connectivity index (χ1) is 14.3. The summed E-state index contributed by atoms with van der Waals surface area (Å²) >= 11 is 0. The minimum Gasteiger partial charge on any atom is -0.494 e. The van der Waals surface area contributed by atoms with Crippen molar-refractivity contribution in [2.45, 2.75) is 52.4 Å². The van der Waals surface area contributed by atoms with Crippen molar-refractivity contribution in [3.05, 3.63) is 95.1 Å². The summed E-state index contributed by atoms with van der Waals surface area (Å²) < 4.78 is 11.2. The molecule has 0 bridgehead atoms. The summed E-state index contributed by atoms with van der Waals surface area (Å²) in [4.78, 5) is 0. The van der Waals surface area contributed by atoms with Crippen molar-refractivity contribution in [2.24, 2.45) is 0 Å². The fourth-order valence-corrected chi connectivity index (χ4v) is 3.90. The smallest absolute Gasteiger partial charge is 0.119 e. The van der Waals surface area contributed by atoms with Crippen molar-refractivity contribution in [3.63, 3.8) is 0 Å². The largest absolute Gasteiger partial charge is 0.494 e. The monoisotopic (exact) mass is 402 g/mol. The lowest BCUT2D eigenvalue weighted by molar-refractivity contribution is 0.340. The Kier molecular flexibility index (Phi) is 6.55. The van der Waals surface area contributed by atoms with Gasteiger partial charge in [0.25, 0.3) is 0 Å². The molecule has 0 aliphatic rings. The fraction of sp³-hybridized carbons (Fsp3) is 0.357. The second kappa shape index (κ2) is 8.95. The Hall–Kier alpha value is -2.74. The van der Waals surface area contributed by atoms with E-state index in [2.05, 4.69) is 100 Å². The van der Waals surface area contributed by atoms with E-state index in [1.807, 2.05) is 13.8 Å². The Bertz CT molecular complexity index is 874. The molecule has 0 radical (unpaired) electrons. The van der Waals surface area contributed by atoms with Gasteiger partial charge in [-0.1, -0.05) is 76.2 Å². The highest BCUT2D eigenvalue weighted by Gasteiger charge is 2.27. The van der Waals surface area contributed by atoms with Crippen LogP contribution in [-0.4, -0.2) is 13.2 Å². The molecule has 0 saturated heterocycles. The van der Waals surface area contributed by atoms with Crippen molar-refractivity contribution < 1.29 is 9.47 Å². The second-order valence-electron chi connectivity index (χ2n) is 8.75. The van der Waals surface area contributed by atoms with Crippen LogP contribution in [0.3, 0.4) is 0 Å². The molecule has 0 saturated carbocycles. The van der Waals surface area contributed by atoms with E-state index in [-0.39, 0.29) is 10.8 Å². The summed E-state index contributed by atoms with van der Waals surface area (Å²) in [5.74, 6) is 1.84. The van der Waals surface area contributed by atoms with Crippen molar-refractivity contribution in [2.75, 3.05) is 13.2 Å². The quantitative estimate of drug-likeness (QED) is 0.399. The first kappa shape index (κ1) is 22.0. The van der Waals surface area contributed by atoms with E-state index in [0.29, 0.717) is 13.2 Å². The van der Waals surface area contributed by atoms with E-state index < -0.39 is 0 Å². The van der Waals surface area contributed by atoms with Gasteiger partial charge in [0, 0.05) is 10.8 Å². The molecule has 30 heavy (non-hydrogen) atoms. The molecule has 0 heterocycles. The van der Waals surface area contributed by atoms with E-state index in [9.17, 15) is 0 Å². The Morgan fingerprint density at radius 2 is 0.900 bits per heavy atom. The predicted molar refractivity (Wildman–Crippen MR) is 126 cm³/mol. The highest BCUT2D eigenvalue weighted by Crippen LogP contribution is 2.37. The van der Waals surface area contributed by atoms with Gasteiger partial charge in [0.1, 0.15) is 11.5 Å². The third kappa shape index (κ3) is 4.53. The van der Waals surface area contributed by atoms with Crippen LogP contribution in [0.15, 0.2) is 72.8 Å². The first-order valence-corrected chi connectivity index (χ1v) is 10.9. The number of ether oxygens (including phenoxy) is 2. The van der Waals surface area contributed by atoms with Gasteiger partial charge in [-0.25, -0.2) is 0 Å². The van der Waals surface area contributed by atoms with E-state index in [1.54, 1.807) is 0 Å². The van der Waals surface area contributed by atoms with Crippen molar-refractivity contribution in [3.8, 4) is 11.5 Å². The molecule has 0 aliphatic heterocycles. The summed E-state index contributed by atoms with van der Waals surface area (Å²) in [5, 5.41) is 0. The summed E-state index contributed by atoms with van der Waals surface area (Å²) in [5.41, 5.74) is 4.97. The molecule has 0 unspecified atom stereocenters. The molecule has 0 spiro atoms. The number of hydrogen-bond donors (Lipinski definition) is 0. The van der Waals surface area contributed by atoms with Gasteiger partial charge in [0.2, 0.25) is 0 Å². The van der Waals surface area contributed by atoms with Crippen LogP contribution in [0.5, 0.6) is 11.5 Å². The molecule has 0 aliphatic carbocycles. The highest BCUT2D eigenvalue weighted by atomic mass is 16.5. The van der Waals surface area contributed by atoms with Gasteiger partial charge in [-0.3, -0.25) is 0 Å². The lowest BCUT2D eigenvalue weighted by Crippen LogP contribution is -2.22. The van der Waals surface area contributed by atoms with Gasteiger partial charge in [-0.05, 0) is 60.4 Å². The normalized spacial score (nSPS) is 11.9. The molecule has 2 nitrogen and oxygen atoms in total. The van der Waals surface area contributed by atoms with Crippen molar-refractivity contribution >= 4 is 0 Å².